The van der Waals surface area contributed by atoms with Crippen molar-refractivity contribution in [2.75, 3.05) is 21.3 Å². The molecule has 24 heavy (non-hydrogen) atoms. The molecule has 0 saturated heterocycles. The molecule has 0 unspecified atom stereocenters. The van der Waals surface area contributed by atoms with Crippen molar-refractivity contribution < 1.29 is 14.3 Å². The molecular formula is C20H23NO3. The van der Waals surface area contributed by atoms with E-state index in [0.717, 1.165) is 17.5 Å². The number of nitrogens with zero attached hydrogens (tertiary/aromatic N) is 1. The minimum Gasteiger partial charge on any atom is -0.493 e. The van der Waals surface area contributed by atoms with Crippen LogP contribution in [0.2, 0.25) is 0 Å². The van der Waals surface area contributed by atoms with Gasteiger partial charge in [0.1, 0.15) is 0 Å². The van der Waals surface area contributed by atoms with Crippen LogP contribution >= 0.6 is 0 Å². The molecule has 126 valence electrons. The van der Waals surface area contributed by atoms with E-state index in [-0.39, 0.29) is 11.8 Å². The second kappa shape index (κ2) is 6.95. The third-order valence-corrected chi connectivity index (χ3v) is 4.63. The Hall–Kier alpha value is -2.49. The monoisotopic (exact) mass is 325 g/mol. The SMILES string of the molecule is COc1cc2c(cc1OC)CN(C)C(=O)[C@@H](Cc1ccccc1)C2. The van der Waals surface area contributed by atoms with Gasteiger partial charge in [-0.25, -0.2) is 0 Å². The Morgan fingerprint density at radius 1 is 1.04 bits per heavy atom. The normalized spacial score (nSPS) is 17.2. The van der Waals surface area contributed by atoms with Gasteiger partial charge in [0, 0.05) is 19.5 Å². The second-order valence-corrected chi connectivity index (χ2v) is 6.26. The second-order valence-electron chi connectivity index (χ2n) is 6.26. The minimum atomic E-state index is -0.0586. The van der Waals surface area contributed by atoms with Gasteiger partial charge in [-0.3, -0.25) is 4.79 Å². The standard InChI is InChI=1S/C20H23NO3/c1-21-13-17-12-19(24-3)18(23-2)11-15(17)10-16(20(21)22)9-14-7-5-4-6-8-14/h4-8,11-12,16H,9-10,13H2,1-3H3/t16-/m0/s1. The number of methoxy groups -OCH3 is 2. The molecule has 0 aliphatic carbocycles. The molecule has 0 fully saturated rings. The number of carbonyl (C=O) groups excluding carboxylic acids is 1. The van der Waals surface area contributed by atoms with E-state index in [0.29, 0.717) is 24.5 Å². The van der Waals surface area contributed by atoms with Crippen LogP contribution in [0.1, 0.15) is 16.7 Å². The van der Waals surface area contributed by atoms with Crippen LogP contribution in [-0.4, -0.2) is 32.1 Å². The maximum atomic E-state index is 12.8. The van der Waals surface area contributed by atoms with Crippen molar-refractivity contribution in [3.63, 3.8) is 0 Å². The van der Waals surface area contributed by atoms with Gasteiger partial charge in [0.2, 0.25) is 5.91 Å². The molecule has 0 bridgehead atoms. The summed E-state index contributed by atoms with van der Waals surface area (Å²) in [5, 5.41) is 0. The van der Waals surface area contributed by atoms with E-state index in [1.807, 2.05) is 42.3 Å². The van der Waals surface area contributed by atoms with Crippen molar-refractivity contribution in [3.8, 4) is 11.5 Å². The summed E-state index contributed by atoms with van der Waals surface area (Å²) in [7, 11) is 5.14. The number of hydrogen-bond donors (Lipinski definition) is 0. The molecule has 3 rings (SSSR count). The van der Waals surface area contributed by atoms with Crippen molar-refractivity contribution in [1.82, 2.24) is 4.90 Å². The van der Waals surface area contributed by atoms with Gasteiger partial charge in [-0.15, -0.1) is 0 Å². The predicted octanol–water partition coefficient (Wildman–Crippen LogP) is 3.08. The fourth-order valence-electron chi connectivity index (χ4n) is 3.36. The van der Waals surface area contributed by atoms with Gasteiger partial charge in [0.25, 0.3) is 0 Å². The molecule has 4 heteroatoms. The first kappa shape index (κ1) is 16.4. The van der Waals surface area contributed by atoms with Crippen molar-refractivity contribution in [3.05, 3.63) is 59.2 Å². The van der Waals surface area contributed by atoms with Crippen LogP contribution in [0.5, 0.6) is 11.5 Å². The summed E-state index contributed by atoms with van der Waals surface area (Å²) in [4.78, 5) is 14.6. The fraction of sp³-hybridized carbons (Fsp3) is 0.350. The van der Waals surface area contributed by atoms with Crippen LogP contribution in [0.3, 0.4) is 0 Å². The quantitative estimate of drug-likeness (QED) is 0.867. The van der Waals surface area contributed by atoms with Crippen molar-refractivity contribution in [1.29, 1.82) is 0 Å². The van der Waals surface area contributed by atoms with Gasteiger partial charge in [-0.2, -0.15) is 0 Å². The number of rotatable bonds is 4. The average molecular weight is 325 g/mol. The average Bonchev–Trinajstić information content (AvgIpc) is 2.72. The van der Waals surface area contributed by atoms with E-state index in [2.05, 4.69) is 12.1 Å². The lowest BCUT2D eigenvalue weighted by Crippen LogP contribution is -2.32. The first-order valence-electron chi connectivity index (χ1n) is 8.15. The number of amides is 1. The highest BCUT2D eigenvalue weighted by atomic mass is 16.5. The van der Waals surface area contributed by atoms with Crippen molar-refractivity contribution in [2.24, 2.45) is 5.92 Å². The van der Waals surface area contributed by atoms with Crippen LogP contribution in [0.25, 0.3) is 0 Å². The maximum absolute atomic E-state index is 12.8. The Balaban J connectivity index is 1.95. The number of benzene rings is 2. The molecule has 1 aliphatic rings. The zero-order valence-electron chi connectivity index (χ0n) is 14.4. The third kappa shape index (κ3) is 3.23. The zero-order chi connectivity index (χ0) is 17.1. The molecule has 1 heterocycles. The lowest BCUT2D eigenvalue weighted by molar-refractivity contribution is -0.134. The van der Waals surface area contributed by atoms with Gasteiger partial charge in [-0.05, 0) is 41.7 Å². The Bertz CT molecular complexity index is 727. The number of carbonyl (C=O) groups is 1. The summed E-state index contributed by atoms with van der Waals surface area (Å²) in [6, 6.07) is 14.2. The van der Waals surface area contributed by atoms with Crippen LogP contribution in [-0.2, 0) is 24.2 Å². The molecule has 2 aromatic carbocycles. The minimum absolute atomic E-state index is 0.0586. The van der Waals surface area contributed by atoms with Gasteiger partial charge < -0.3 is 14.4 Å². The zero-order valence-corrected chi connectivity index (χ0v) is 14.4. The van der Waals surface area contributed by atoms with E-state index in [4.69, 9.17) is 9.47 Å². The summed E-state index contributed by atoms with van der Waals surface area (Å²) < 4.78 is 10.8. The molecular weight excluding hydrogens is 302 g/mol. The van der Waals surface area contributed by atoms with Gasteiger partial charge in [-0.1, -0.05) is 30.3 Å². The highest BCUT2D eigenvalue weighted by molar-refractivity contribution is 5.80. The Kier molecular flexibility index (Phi) is 4.74. The molecule has 1 atom stereocenters. The van der Waals surface area contributed by atoms with Gasteiger partial charge in [0.15, 0.2) is 11.5 Å². The molecule has 1 aliphatic heterocycles. The first-order chi connectivity index (χ1) is 11.6. The molecule has 0 radical (unpaired) electrons. The molecule has 4 nitrogen and oxygen atoms in total. The molecule has 0 spiro atoms. The largest absolute Gasteiger partial charge is 0.493 e. The van der Waals surface area contributed by atoms with Crippen LogP contribution in [0, 0.1) is 5.92 Å². The van der Waals surface area contributed by atoms with Crippen molar-refractivity contribution >= 4 is 5.91 Å². The molecule has 0 N–H and O–H groups in total. The summed E-state index contributed by atoms with van der Waals surface area (Å²) in [6.07, 6.45) is 1.46. The Morgan fingerprint density at radius 3 is 2.29 bits per heavy atom. The molecule has 0 saturated carbocycles. The van der Waals surface area contributed by atoms with Crippen LogP contribution in [0.4, 0.5) is 0 Å². The first-order valence-corrected chi connectivity index (χ1v) is 8.15. The maximum Gasteiger partial charge on any atom is 0.226 e. The van der Waals surface area contributed by atoms with Gasteiger partial charge in [0.05, 0.1) is 14.2 Å². The van der Waals surface area contributed by atoms with E-state index < -0.39 is 0 Å². The summed E-state index contributed by atoms with van der Waals surface area (Å²) in [5.74, 6) is 1.55. The van der Waals surface area contributed by atoms with E-state index in [9.17, 15) is 4.79 Å². The fourth-order valence-corrected chi connectivity index (χ4v) is 3.36. The molecule has 0 aromatic heterocycles. The lowest BCUT2D eigenvalue weighted by atomic mass is 9.91. The van der Waals surface area contributed by atoms with Gasteiger partial charge >= 0.3 is 0 Å². The van der Waals surface area contributed by atoms with Crippen molar-refractivity contribution in [2.45, 2.75) is 19.4 Å². The van der Waals surface area contributed by atoms with E-state index in [1.165, 1.54) is 5.56 Å². The highest BCUT2D eigenvalue weighted by Crippen LogP contribution is 2.34. The van der Waals surface area contributed by atoms with E-state index in [1.54, 1.807) is 14.2 Å². The highest BCUT2D eigenvalue weighted by Gasteiger charge is 2.28. The lowest BCUT2D eigenvalue weighted by Gasteiger charge is -2.20. The molecule has 1 amide bonds. The topological polar surface area (TPSA) is 38.8 Å². The van der Waals surface area contributed by atoms with Crippen LogP contribution < -0.4 is 9.47 Å². The molecule has 2 aromatic rings. The number of fused-ring (bicyclic) bond motifs is 1. The number of hydrogen-bond acceptors (Lipinski definition) is 3. The van der Waals surface area contributed by atoms with Crippen LogP contribution in [0.15, 0.2) is 42.5 Å². The Morgan fingerprint density at radius 2 is 1.67 bits per heavy atom. The summed E-state index contributed by atoms with van der Waals surface area (Å²) in [6.45, 7) is 0.597. The smallest absolute Gasteiger partial charge is 0.226 e. The van der Waals surface area contributed by atoms with E-state index >= 15 is 0 Å². The third-order valence-electron chi connectivity index (χ3n) is 4.63. The summed E-state index contributed by atoms with van der Waals surface area (Å²) in [5.41, 5.74) is 3.47. The predicted molar refractivity (Wildman–Crippen MR) is 93.4 cm³/mol. The summed E-state index contributed by atoms with van der Waals surface area (Å²) >= 11 is 0. The number of ether oxygens (including phenoxy) is 2. The Labute approximate surface area is 143 Å².